The molecule has 0 unspecified atom stereocenters. The van der Waals surface area contributed by atoms with Gasteiger partial charge < -0.3 is 30.7 Å². The fourth-order valence-electron chi connectivity index (χ4n) is 5.43. The number of aromatic amines is 1. The topological polar surface area (TPSA) is 105 Å². The molecule has 3 aromatic rings. The fourth-order valence-corrected chi connectivity index (χ4v) is 6.31. The lowest BCUT2D eigenvalue weighted by Crippen LogP contribution is -2.47. The van der Waals surface area contributed by atoms with Crippen LogP contribution in [0.3, 0.4) is 0 Å². The normalized spacial score (nSPS) is 14.0. The first-order valence-corrected chi connectivity index (χ1v) is 16.2. The van der Waals surface area contributed by atoms with Gasteiger partial charge >= 0.3 is 0 Å². The van der Waals surface area contributed by atoms with Crippen LogP contribution < -0.4 is 16.0 Å². The smallest absolute Gasteiger partial charge is 0.262 e. The molecule has 0 aliphatic carbocycles. The van der Waals surface area contributed by atoms with Crippen molar-refractivity contribution in [2.75, 3.05) is 52.9 Å². The highest BCUT2D eigenvalue weighted by atomic mass is 32.1. The number of carbonyl (C=O) groups is 2. The average Bonchev–Trinajstić information content (AvgIpc) is 3.73. The Kier molecular flexibility index (Phi) is 12.4. The van der Waals surface area contributed by atoms with Crippen molar-refractivity contribution < 1.29 is 9.59 Å². The van der Waals surface area contributed by atoms with Gasteiger partial charge in [-0.3, -0.25) is 14.6 Å². The van der Waals surface area contributed by atoms with Crippen molar-refractivity contribution in [1.82, 2.24) is 30.7 Å². The maximum atomic E-state index is 13.4. The Hall–Kier alpha value is -3.21. The Morgan fingerprint density at radius 2 is 1.90 bits per heavy atom. The van der Waals surface area contributed by atoms with Crippen LogP contribution in [0.15, 0.2) is 47.6 Å². The zero-order chi connectivity index (χ0) is 29.7. The van der Waals surface area contributed by atoms with Crippen molar-refractivity contribution in [3.8, 4) is 0 Å². The molecule has 1 aliphatic rings. The molecule has 42 heavy (non-hydrogen) atoms. The molecule has 2 aromatic heterocycles. The summed E-state index contributed by atoms with van der Waals surface area (Å²) in [4.78, 5) is 40.7. The second-order valence-corrected chi connectivity index (χ2v) is 12.2. The van der Waals surface area contributed by atoms with Gasteiger partial charge in [-0.05, 0) is 75.5 Å². The lowest BCUT2D eigenvalue weighted by molar-refractivity contribution is -0.123. The number of H-pyrrole nitrogens is 1. The number of hydrogen-bond donors (Lipinski definition) is 4. The third kappa shape index (κ3) is 9.14. The van der Waals surface area contributed by atoms with Crippen molar-refractivity contribution in [1.29, 1.82) is 0 Å². The number of rotatable bonds is 18. The monoisotopic (exact) mass is 593 g/mol. The number of thiophene rings is 1. The summed E-state index contributed by atoms with van der Waals surface area (Å²) in [5, 5.41) is 10.7. The minimum atomic E-state index is -0.579. The minimum Gasteiger partial charge on any atom is -0.361 e. The average molecular weight is 594 g/mol. The molecule has 9 nitrogen and oxygen atoms in total. The number of amidine groups is 1. The highest BCUT2D eigenvalue weighted by molar-refractivity contribution is 7.14. The number of amides is 2. The molecule has 4 N–H and O–H groups in total. The molecule has 1 atom stereocenters. The molecule has 2 amide bonds. The summed E-state index contributed by atoms with van der Waals surface area (Å²) in [5.41, 5.74) is 2.27. The van der Waals surface area contributed by atoms with Gasteiger partial charge in [0.2, 0.25) is 5.91 Å². The molecular weight excluding hydrogens is 546 g/mol. The van der Waals surface area contributed by atoms with E-state index in [9.17, 15) is 9.59 Å². The van der Waals surface area contributed by atoms with Crippen LogP contribution in [0, 0.1) is 0 Å². The number of para-hydroxylation sites is 1. The molecule has 1 aliphatic heterocycles. The summed E-state index contributed by atoms with van der Waals surface area (Å²) >= 11 is 1.47. The molecule has 10 heteroatoms. The molecule has 0 saturated heterocycles. The number of nitrogens with zero attached hydrogens (tertiary/aromatic N) is 3. The van der Waals surface area contributed by atoms with E-state index in [4.69, 9.17) is 0 Å². The zero-order valence-corrected chi connectivity index (χ0v) is 26.2. The van der Waals surface area contributed by atoms with Crippen molar-refractivity contribution in [2.45, 2.75) is 58.5 Å². The molecule has 0 saturated carbocycles. The standard InChI is InChI=1S/C32H47N7O2S/c1-4-17-39(18-5-2)19-8-11-28(31(40)35-15-14-24-21-36-27-10-7-6-9-26(24)27)37-32(41)29-13-12-25(42-29)22-33-23-30-34-16-20-38(30)3/h6-7,9-10,12-13,21,28,33,36H,4-5,8,11,14-20,22-23H2,1-3H3,(H,35,40)(H,37,41)/t28-/m0/s1. The van der Waals surface area contributed by atoms with Gasteiger partial charge in [-0.25, -0.2) is 0 Å². The Labute approximate surface area is 254 Å². The Morgan fingerprint density at radius 3 is 2.67 bits per heavy atom. The molecule has 0 fully saturated rings. The number of hydrogen-bond acceptors (Lipinski definition) is 7. The van der Waals surface area contributed by atoms with Crippen molar-refractivity contribution in [3.05, 3.63) is 57.9 Å². The number of aliphatic imine (C=N–C) groups is 1. The van der Waals surface area contributed by atoms with Gasteiger partial charge in [0.1, 0.15) is 11.9 Å². The second-order valence-electron chi connectivity index (χ2n) is 11.0. The van der Waals surface area contributed by atoms with Crippen LogP contribution in [-0.4, -0.2) is 91.3 Å². The molecular formula is C32H47N7O2S. The molecule has 0 spiro atoms. The summed E-state index contributed by atoms with van der Waals surface area (Å²) in [6, 6.07) is 11.4. The summed E-state index contributed by atoms with van der Waals surface area (Å²) in [7, 11) is 2.06. The summed E-state index contributed by atoms with van der Waals surface area (Å²) < 4.78 is 0. The van der Waals surface area contributed by atoms with Gasteiger partial charge in [-0.2, -0.15) is 0 Å². The van der Waals surface area contributed by atoms with E-state index in [1.54, 1.807) is 0 Å². The van der Waals surface area contributed by atoms with Gasteiger partial charge in [-0.1, -0.05) is 32.0 Å². The van der Waals surface area contributed by atoms with Crippen molar-refractivity contribution >= 4 is 39.9 Å². The number of fused-ring (bicyclic) bond motifs is 1. The van der Waals surface area contributed by atoms with E-state index in [1.807, 2.05) is 30.5 Å². The van der Waals surface area contributed by atoms with Crippen LogP contribution in [0.5, 0.6) is 0 Å². The van der Waals surface area contributed by atoms with Gasteiger partial charge in [0.05, 0.1) is 18.0 Å². The quantitative estimate of drug-likeness (QED) is 0.178. The third-order valence-corrected chi connectivity index (χ3v) is 8.76. The summed E-state index contributed by atoms with van der Waals surface area (Å²) in [6.45, 7) is 11.1. The van der Waals surface area contributed by atoms with E-state index in [2.05, 4.69) is 68.8 Å². The molecule has 0 bridgehead atoms. The van der Waals surface area contributed by atoms with Crippen LogP contribution in [-0.2, 0) is 17.8 Å². The van der Waals surface area contributed by atoms with Crippen molar-refractivity contribution in [2.24, 2.45) is 4.99 Å². The summed E-state index contributed by atoms with van der Waals surface area (Å²) in [5.74, 6) is 0.752. The first-order chi connectivity index (χ1) is 20.5. The number of carbonyl (C=O) groups excluding carboxylic acids is 2. The van der Waals surface area contributed by atoms with E-state index >= 15 is 0 Å². The van der Waals surface area contributed by atoms with E-state index in [0.717, 1.165) is 74.6 Å². The predicted octanol–water partition coefficient (Wildman–Crippen LogP) is 4.02. The van der Waals surface area contributed by atoms with E-state index < -0.39 is 6.04 Å². The maximum Gasteiger partial charge on any atom is 0.262 e. The predicted molar refractivity (Wildman–Crippen MR) is 173 cm³/mol. The van der Waals surface area contributed by atoms with Gasteiger partial charge in [-0.15, -0.1) is 11.3 Å². The lowest BCUT2D eigenvalue weighted by Gasteiger charge is -2.23. The minimum absolute atomic E-state index is 0.124. The number of likely N-dealkylation sites (N-methyl/N-ethyl adjacent to an activating group) is 1. The maximum absolute atomic E-state index is 13.4. The largest absolute Gasteiger partial charge is 0.361 e. The SMILES string of the molecule is CCCN(CCC)CCC[C@H](NC(=O)c1ccc(CNCC2=NCCN2C)s1)C(=O)NCCc1c[nH]c2ccccc12. The van der Waals surface area contributed by atoms with E-state index in [-0.39, 0.29) is 11.8 Å². The van der Waals surface area contributed by atoms with Crippen molar-refractivity contribution in [3.63, 3.8) is 0 Å². The molecule has 0 radical (unpaired) electrons. The van der Waals surface area contributed by atoms with Gasteiger partial charge in [0, 0.05) is 48.7 Å². The van der Waals surface area contributed by atoms with Crippen LogP contribution in [0.4, 0.5) is 0 Å². The Bertz CT molecular complexity index is 1310. The van der Waals surface area contributed by atoms with Crippen LogP contribution in [0.2, 0.25) is 0 Å². The Balaban J connectivity index is 1.32. The summed E-state index contributed by atoms with van der Waals surface area (Å²) in [6.07, 6.45) is 6.39. The van der Waals surface area contributed by atoms with E-state index in [1.165, 1.54) is 22.3 Å². The highest BCUT2D eigenvalue weighted by Crippen LogP contribution is 2.19. The second kappa shape index (κ2) is 16.4. The zero-order valence-electron chi connectivity index (χ0n) is 25.4. The van der Waals surface area contributed by atoms with Gasteiger partial charge in [0.25, 0.3) is 5.91 Å². The first kappa shape index (κ1) is 31.7. The van der Waals surface area contributed by atoms with Crippen LogP contribution in [0.25, 0.3) is 10.9 Å². The Morgan fingerprint density at radius 1 is 1.10 bits per heavy atom. The molecule has 228 valence electrons. The van der Waals surface area contributed by atoms with Crippen LogP contribution >= 0.6 is 11.3 Å². The number of aromatic nitrogens is 1. The van der Waals surface area contributed by atoms with E-state index in [0.29, 0.717) is 30.9 Å². The van der Waals surface area contributed by atoms with Gasteiger partial charge in [0.15, 0.2) is 0 Å². The molecule has 4 rings (SSSR count). The molecule has 3 heterocycles. The highest BCUT2D eigenvalue weighted by Gasteiger charge is 2.22. The first-order valence-electron chi connectivity index (χ1n) is 15.4. The van der Waals surface area contributed by atoms with Crippen LogP contribution in [0.1, 0.15) is 59.6 Å². The number of nitrogens with one attached hydrogen (secondary N) is 4. The third-order valence-electron chi connectivity index (χ3n) is 7.68. The number of benzene rings is 1. The fraction of sp³-hybridized carbons (Fsp3) is 0.531. The lowest BCUT2D eigenvalue weighted by atomic mass is 10.1. The molecule has 1 aromatic carbocycles.